The normalized spacial score (nSPS) is 13.5. The summed E-state index contributed by atoms with van der Waals surface area (Å²) >= 11 is 0. The van der Waals surface area contributed by atoms with Gasteiger partial charge in [0, 0.05) is 27.8 Å². The zero-order chi connectivity index (χ0) is 50.2. The Kier molecular flexibility index (Phi) is 10.0. The predicted molar refractivity (Wildman–Crippen MR) is 314 cm³/mol. The van der Waals surface area contributed by atoms with Crippen LogP contribution in [0.4, 0.5) is 17.1 Å². The van der Waals surface area contributed by atoms with Crippen molar-refractivity contribution in [1.29, 1.82) is 0 Å². The van der Waals surface area contributed by atoms with Crippen molar-refractivity contribution < 1.29 is 4.42 Å². The van der Waals surface area contributed by atoms with E-state index < -0.39 is 10.8 Å². The Morgan fingerprint density at radius 1 is 0.237 bits per heavy atom. The van der Waals surface area contributed by atoms with E-state index in [2.05, 4.69) is 290 Å². The van der Waals surface area contributed by atoms with Crippen LogP contribution in [-0.2, 0) is 10.8 Å². The molecule has 1 aromatic heterocycles. The number of hydrogen-bond donors (Lipinski definition) is 0. The van der Waals surface area contributed by atoms with Crippen LogP contribution in [0.5, 0.6) is 0 Å². The summed E-state index contributed by atoms with van der Waals surface area (Å²) in [6, 6.07) is 110. The molecule has 2 heteroatoms. The van der Waals surface area contributed by atoms with Crippen molar-refractivity contribution in [2.75, 3.05) is 4.90 Å². The van der Waals surface area contributed by atoms with Crippen LogP contribution >= 0.6 is 0 Å². The van der Waals surface area contributed by atoms with Crippen LogP contribution in [-0.4, -0.2) is 0 Å². The molecule has 0 atom stereocenters. The molecule has 2 nitrogen and oxygen atoms in total. The number of para-hydroxylation sites is 1. The van der Waals surface area contributed by atoms with Crippen molar-refractivity contribution >= 4 is 39.0 Å². The standard InChI is InChI=1S/C74H49NO/c1-5-21-54(22-6-1)73(55-23-7-2-8-24-55)68-34-17-14-31-62(68)65-49-60(42-44-69(65)73)75(59-29-19-20-51(46-59)52-39-45-72-66(47-52)64-32-15-18-35-71(64)76-72)58-40-36-50(37-41-58)53-38-43-63-61-30-13-16-33-67(61)74(70(63)48-53,56-25-9-3-10-26-56)57-27-11-4-12-28-57/h1-49H. The van der Waals surface area contributed by atoms with Gasteiger partial charge in [0.1, 0.15) is 11.2 Å². The molecule has 356 valence electrons. The minimum absolute atomic E-state index is 0.480. The lowest BCUT2D eigenvalue weighted by atomic mass is 9.67. The number of fused-ring (bicyclic) bond motifs is 9. The van der Waals surface area contributed by atoms with E-state index in [9.17, 15) is 0 Å². The number of anilines is 3. The molecule has 0 fully saturated rings. The third-order valence-electron chi connectivity index (χ3n) is 16.4. The predicted octanol–water partition coefficient (Wildman–Crippen LogP) is 19.1. The number of rotatable bonds is 9. The third-order valence-corrected chi connectivity index (χ3v) is 16.4. The van der Waals surface area contributed by atoms with Crippen molar-refractivity contribution in [3.8, 4) is 44.5 Å². The van der Waals surface area contributed by atoms with Crippen LogP contribution in [0.2, 0.25) is 0 Å². The van der Waals surface area contributed by atoms with Gasteiger partial charge < -0.3 is 9.32 Å². The monoisotopic (exact) mass is 967 g/mol. The van der Waals surface area contributed by atoms with Crippen molar-refractivity contribution in [1.82, 2.24) is 0 Å². The van der Waals surface area contributed by atoms with Gasteiger partial charge >= 0.3 is 0 Å². The lowest BCUT2D eigenvalue weighted by Gasteiger charge is -2.34. The topological polar surface area (TPSA) is 16.4 Å². The molecule has 0 bridgehead atoms. The van der Waals surface area contributed by atoms with Crippen LogP contribution in [0.15, 0.2) is 302 Å². The number of furan rings is 1. The first kappa shape index (κ1) is 43.8. The molecule has 0 radical (unpaired) electrons. The van der Waals surface area contributed by atoms with Crippen molar-refractivity contribution in [2.24, 2.45) is 0 Å². The largest absolute Gasteiger partial charge is 0.456 e. The van der Waals surface area contributed by atoms with Crippen molar-refractivity contribution in [3.05, 3.63) is 342 Å². The second kappa shape index (κ2) is 17.4. The van der Waals surface area contributed by atoms with E-state index in [1.807, 2.05) is 12.1 Å². The van der Waals surface area contributed by atoms with Crippen LogP contribution in [0, 0.1) is 0 Å². The fraction of sp³-hybridized carbons (Fsp3) is 0.0270. The lowest BCUT2D eigenvalue weighted by molar-refractivity contribution is 0.669. The van der Waals surface area contributed by atoms with Gasteiger partial charge in [-0.2, -0.15) is 0 Å². The van der Waals surface area contributed by atoms with E-state index in [4.69, 9.17) is 4.42 Å². The molecule has 0 N–H and O–H groups in total. The second-order valence-corrected chi connectivity index (χ2v) is 20.3. The molecule has 0 amide bonds. The Bertz CT molecular complexity index is 4250. The fourth-order valence-electron chi connectivity index (χ4n) is 13.2. The van der Waals surface area contributed by atoms with Crippen LogP contribution in [0.25, 0.3) is 66.4 Å². The molecular formula is C74H49NO. The molecule has 12 aromatic carbocycles. The van der Waals surface area contributed by atoms with Gasteiger partial charge in [-0.15, -0.1) is 0 Å². The summed E-state index contributed by atoms with van der Waals surface area (Å²) in [5.74, 6) is 0. The first-order chi connectivity index (χ1) is 37.7. The molecule has 0 saturated carbocycles. The minimum Gasteiger partial charge on any atom is -0.456 e. The fourth-order valence-corrected chi connectivity index (χ4v) is 13.2. The Hall–Kier alpha value is -9.76. The summed E-state index contributed by atoms with van der Waals surface area (Å²) in [6.07, 6.45) is 0. The highest BCUT2D eigenvalue weighted by Crippen LogP contribution is 2.59. The minimum atomic E-state index is -0.495. The molecule has 13 aromatic rings. The maximum Gasteiger partial charge on any atom is 0.135 e. The van der Waals surface area contributed by atoms with Gasteiger partial charge in [-0.25, -0.2) is 0 Å². The highest BCUT2D eigenvalue weighted by molar-refractivity contribution is 6.06. The van der Waals surface area contributed by atoms with Gasteiger partial charge in [-0.1, -0.05) is 237 Å². The Morgan fingerprint density at radius 2 is 0.684 bits per heavy atom. The summed E-state index contributed by atoms with van der Waals surface area (Å²) in [5, 5.41) is 2.24. The average molecular weight is 968 g/mol. The number of hydrogen-bond acceptors (Lipinski definition) is 2. The highest BCUT2D eigenvalue weighted by atomic mass is 16.3. The lowest BCUT2D eigenvalue weighted by Crippen LogP contribution is -2.28. The molecule has 2 aliphatic rings. The average Bonchev–Trinajstić information content (AvgIpc) is 4.32. The number of nitrogens with zero attached hydrogens (tertiary/aromatic N) is 1. The second-order valence-electron chi connectivity index (χ2n) is 20.3. The molecule has 0 unspecified atom stereocenters. The summed E-state index contributed by atoms with van der Waals surface area (Å²) in [4.78, 5) is 2.43. The van der Waals surface area contributed by atoms with Gasteiger partial charge in [0.05, 0.1) is 10.8 Å². The number of benzene rings is 12. The van der Waals surface area contributed by atoms with E-state index in [0.717, 1.165) is 55.7 Å². The summed E-state index contributed by atoms with van der Waals surface area (Å²) < 4.78 is 6.27. The first-order valence-electron chi connectivity index (χ1n) is 26.3. The van der Waals surface area contributed by atoms with Crippen LogP contribution in [0.1, 0.15) is 44.5 Å². The maximum atomic E-state index is 6.27. The molecule has 15 rings (SSSR count). The van der Waals surface area contributed by atoms with Gasteiger partial charge in [0.15, 0.2) is 0 Å². The Labute approximate surface area is 443 Å². The molecule has 1 heterocycles. The summed E-state index contributed by atoms with van der Waals surface area (Å²) in [7, 11) is 0. The van der Waals surface area contributed by atoms with Crippen LogP contribution < -0.4 is 4.90 Å². The molecule has 0 aliphatic heterocycles. The SMILES string of the molecule is c1ccc(C2(c3ccccc3)c3ccccc3-c3cc(N(c4ccc(-c5ccc6c(c5)C(c5ccccc5)(c5ccccc5)c5ccccc5-6)cc4)c4cccc(-c5ccc6oc7ccccc7c6c5)c4)ccc32)cc1. The van der Waals surface area contributed by atoms with Gasteiger partial charge in [-0.05, 0) is 150 Å². The maximum absolute atomic E-state index is 6.27. The van der Waals surface area contributed by atoms with E-state index in [1.54, 1.807) is 0 Å². The van der Waals surface area contributed by atoms with Crippen molar-refractivity contribution in [3.63, 3.8) is 0 Å². The molecule has 0 spiro atoms. The Morgan fingerprint density at radius 3 is 1.33 bits per heavy atom. The smallest absolute Gasteiger partial charge is 0.135 e. The van der Waals surface area contributed by atoms with Crippen molar-refractivity contribution in [2.45, 2.75) is 10.8 Å². The van der Waals surface area contributed by atoms with Gasteiger partial charge in [0.2, 0.25) is 0 Å². The quantitative estimate of drug-likeness (QED) is 0.143. The molecular weight excluding hydrogens is 919 g/mol. The van der Waals surface area contributed by atoms with E-state index in [0.29, 0.717) is 0 Å². The van der Waals surface area contributed by atoms with E-state index in [1.165, 1.54) is 72.3 Å². The first-order valence-corrected chi connectivity index (χ1v) is 26.3. The van der Waals surface area contributed by atoms with E-state index in [-0.39, 0.29) is 0 Å². The molecule has 0 saturated heterocycles. The Balaban J connectivity index is 0.898. The van der Waals surface area contributed by atoms with Gasteiger partial charge in [-0.3, -0.25) is 0 Å². The van der Waals surface area contributed by atoms with Crippen LogP contribution in [0.3, 0.4) is 0 Å². The summed E-state index contributed by atoms with van der Waals surface area (Å²) in [5.41, 5.74) is 23.9. The van der Waals surface area contributed by atoms with Gasteiger partial charge in [0.25, 0.3) is 0 Å². The molecule has 2 aliphatic carbocycles. The zero-order valence-corrected chi connectivity index (χ0v) is 41.6. The third kappa shape index (κ3) is 6.54. The highest BCUT2D eigenvalue weighted by Gasteiger charge is 2.47. The van der Waals surface area contributed by atoms with E-state index >= 15 is 0 Å². The molecule has 76 heavy (non-hydrogen) atoms. The zero-order valence-electron chi connectivity index (χ0n) is 41.6. The summed E-state index contributed by atoms with van der Waals surface area (Å²) in [6.45, 7) is 0.